The second kappa shape index (κ2) is 8.30. The number of hydrogen-bond donors (Lipinski definition) is 1. The molecule has 1 aliphatic heterocycles. The maximum atomic E-state index is 13.1. The number of rotatable bonds is 4. The van der Waals surface area contributed by atoms with E-state index in [0.717, 1.165) is 5.56 Å². The molecule has 1 aromatic heterocycles. The van der Waals surface area contributed by atoms with Gasteiger partial charge in [-0.25, -0.2) is 4.39 Å². The maximum Gasteiger partial charge on any atom is 0.253 e. The Labute approximate surface area is 157 Å². The molecule has 1 aliphatic rings. The zero-order valence-electron chi connectivity index (χ0n) is 15.6. The first-order valence-corrected chi connectivity index (χ1v) is 8.99. The lowest BCUT2D eigenvalue weighted by Crippen LogP contribution is -2.42. The SMILES string of the molecule is CNC(C(=O)N1CCCN(C(=O)c2ccc(F)cc2)CC1)c1cnn(C)c1. The standard InChI is InChI=1S/C19H24FN5O2/c1-21-17(15-12-22-23(2)13-15)19(27)25-9-3-8-24(10-11-25)18(26)14-4-6-16(20)7-5-14/h4-7,12-13,17,21H,3,8-11H2,1-2H3. The third-order valence-electron chi connectivity index (χ3n) is 4.78. The molecule has 144 valence electrons. The number of carbonyl (C=O) groups is 2. The van der Waals surface area contributed by atoms with Gasteiger partial charge in [0.1, 0.15) is 11.9 Å². The molecule has 2 aromatic rings. The van der Waals surface area contributed by atoms with E-state index < -0.39 is 6.04 Å². The van der Waals surface area contributed by atoms with E-state index in [0.29, 0.717) is 38.2 Å². The van der Waals surface area contributed by atoms with Crippen molar-refractivity contribution in [2.45, 2.75) is 12.5 Å². The first kappa shape index (κ1) is 19.0. The van der Waals surface area contributed by atoms with Crippen LogP contribution in [0, 0.1) is 5.82 Å². The Kier molecular flexibility index (Phi) is 5.85. The number of aryl methyl sites for hydroxylation is 1. The third kappa shape index (κ3) is 4.33. The number of halogens is 1. The van der Waals surface area contributed by atoms with Crippen LogP contribution in [0.4, 0.5) is 4.39 Å². The van der Waals surface area contributed by atoms with Crippen LogP contribution in [0.1, 0.15) is 28.4 Å². The zero-order valence-corrected chi connectivity index (χ0v) is 15.6. The predicted molar refractivity (Wildman–Crippen MR) is 98.5 cm³/mol. The normalized spacial score (nSPS) is 16.1. The molecule has 0 bridgehead atoms. The lowest BCUT2D eigenvalue weighted by molar-refractivity contribution is -0.133. The highest BCUT2D eigenvalue weighted by Crippen LogP contribution is 2.17. The van der Waals surface area contributed by atoms with Crippen LogP contribution in [0.5, 0.6) is 0 Å². The van der Waals surface area contributed by atoms with Gasteiger partial charge in [0, 0.05) is 50.6 Å². The highest BCUT2D eigenvalue weighted by Gasteiger charge is 2.28. The molecule has 3 rings (SSSR count). The van der Waals surface area contributed by atoms with Crippen LogP contribution in [-0.4, -0.2) is 64.6 Å². The Hall–Kier alpha value is -2.74. The topological polar surface area (TPSA) is 70.5 Å². The van der Waals surface area contributed by atoms with E-state index in [1.54, 1.807) is 27.7 Å². The number of carbonyl (C=O) groups excluding carboxylic acids is 2. The van der Waals surface area contributed by atoms with Crippen molar-refractivity contribution >= 4 is 11.8 Å². The summed E-state index contributed by atoms with van der Waals surface area (Å²) in [5.74, 6) is -0.531. The molecule has 1 saturated heterocycles. The summed E-state index contributed by atoms with van der Waals surface area (Å²) in [7, 11) is 3.56. The number of nitrogens with zero attached hydrogens (tertiary/aromatic N) is 4. The van der Waals surface area contributed by atoms with Crippen LogP contribution in [0.3, 0.4) is 0 Å². The van der Waals surface area contributed by atoms with Gasteiger partial charge < -0.3 is 15.1 Å². The molecule has 2 heterocycles. The Bertz CT molecular complexity index is 805. The largest absolute Gasteiger partial charge is 0.339 e. The second-order valence-electron chi connectivity index (χ2n) is 6.65. The van der Waals surface area contributed by atoms with Gasteiger partial charge in [0.25, 0.3) is 5.91 Å². The quantitative estimate of drug-likeness (QED) is 0.874. The van der Waals surface area contributed by atoms with Crippen molar-refractivity contribution in [1.82, 2.24) is 24.9 Å². The van der Waals surface area contributed by atoms with E-state index in [1.807, 2.05) is 13.2 Å². The van der Waals surface area contributed by atoms with Gasteiger partial charge in [-0.05, 0) is 37.7 Å². The van der Waals surface area contributed by atoms with E-state index in [1.165, 1.54) is 24.3 Å². The lowest BCUT2D eigenvalue weighted by atomic mass is 10.1. The predicted octanol–water partition coefficient (Wildman–Crippen LogP) is 1.19. The summed E-state index contributed by atoms with van der Waals surface area (Å²) >= 11 is 0. The molecule has 8 heteroatoms. The fraction of sp³-hybridized carbons (Fsp3) is 0.421. The lowest BCUT2D eigenvalue weighted by Gasteiger charge is -2.26. The molecule has 1 atom stereocenters. The van der Waals surface area contributed by atoms with Crippen molar-refractivity contribution in [3.63, 3.8) is 0 Å². The molecule has 1 aromatic carbocycles. The van der Waals surface area contributed by atoms with Crippen LogP contribution in [-0.2, 0) is 11.8 Å². The summed E-state index contributed by atoms with van der Waals surface area (Å²) < 4.78 is 14.7. The van der Waals surface area contributed by atoms with Crippen molar-refractivity contribution in [1.29, 1.82) is 0 Å². The summed E-state index contributed by atoms with van der Waals surface area (Å²) in [5, 5.41) is 7.19. The summed E-state index contributed by atoms with van der Waals surface area (Å²) in [5.41, 5.74) is 1.27. The van der Waals surface area contributed by atoms with Crippen LogP contribution >= 0.6 is 0 Å². The Morgan fingerprint density at radius 3 is 2.41 bits per heavy atom. The minimum atomic E-state index is -0.460. The monoisotopic (exact) mass is 373 g/mol. The summed E-state index contributed by atoms with van der Waals surface area (Å²) in [6.07, 6.45) is 4.20. The van der Waals surface area contributed by atoms with Crippen molar-refractivity contribution in [3.8, 4) is 0 Å². The third-order valence-corrected chi connectivity index (χ3v) is 4.78. The Morgan fingerprint density at radius 2 is 1.78 bits per heavy atom. The summed E-state index contributed by atoms with van der Waals surface area (Å²) in [4.78, 5) is 29.1. The first-order valence-electron chi connectivity index (χ1n) is 8.99. The minimum Gasteiger partial charge on any atom is -0.339 e. The van der Waals surface area contributed by atoms with Crippen molar-refractivity contribution < 1.29 is 14.0 Å². The van der Waals surface area contributed by atoms with E-state index in [2.05, 4.69) is 10.4 Å². The molecule has 7 nitrogen and oxygen atoms in total. The number of benzene rings is 1. The van der Waals surface area contributed by atoms with Crippen molar-refractivity contribution in [3.05, 3.63) is 53.6 Å². The van der Waals surface area contributed by atoms with Crippen LogP contribution in [0.15, 0.2) is 36.7 Å². The van der Waals surface area contributed by atoms with Crippen LogP contribution < -0.4 is 5.32 Å². The van der Waals surface area contributed by atoms with Gasteiger partial charge in [-0.3, -0.25) is 14.3 Å². The molecule has 1 fully saturated rings. The van der Waals surface area contributed by atoms with Crippen LogP contribution in [0.2, 0.25) is 0 Å². The molecule has 0 radical (unpaired) electrons. The first-order chi connectivity index (χ1) is 13.0. The van der Waals surface area contributed by atoms with Crippen LogP contribution in [0.25, 0.3) is 0 Å². The highest BCUT2D eigenvalue weighted by atomic mass is 19.1. The zero-order chi connectivity index (χ0) is 19.4. The molecule has 27 heavy (non-hydrogen) atoms. The highest BCUT2D eigenvalue weighted by molar-refractivity contribution is 5.94. The summed E-state index contributed by atoms with van der Waals surface area (Å²) in [6, 6.07) is 5.09. The van der Waals surface area contributed by atoms with Gasteiger partial charge in [0.15, 0.2) is 0 Å². The fourth-order valence-corrected chi connectivity index (χ4v) is 3.32. The molecule has 0 aliphatic carbocycles. The number of nitrogens with one attached hydrogen (secondary N) is 1. The molecular weight excluding hydrogens is 349 g/mol. The fourth-order valence-electron chi connectivity index (χ4n) is 3.32. The molecule has 1 unspecified atom stereocenters. The number of amides is 2. The molecule has 1 N–H and O–H groups in total. The Balaban J connectivity index is 1.66. The van der Waals surface area contributed by atoms with Crippen molar-refractivity contribution in [2.24, 2.45) is 7.05 Å². The smallest absolute Gasteiger partial charge is 0.253 e. The second-order valence-corrected chi connectivity index (χ2v) is 6.65. The molecule has 0 saturated carbocycles. The maximum absolute atomic E-state index is 13.1. The molecular formula is C19H24FN5O2. The van der Waals surface area contributed by atoms with Gasteiger partial charge in [-0.15, -0.1) is 0 Å². The van der Waals surface area contributed by atoms with E-state index in [9.17, 15) is 14.0 Å². The van der Waals surface area contributed by atoms with E-state index >= 15 is 0 Å². The number of aromatic nitrogens is 2. The van der Waals surface area contributed by atoms with Gasteiger partial charge in [0.2, 0.25) is 5.91 Å². The van der Waals surface area contributed by atoms with Gasteiger partial charge in [0.05, 0.1) is 6.20 Å². The van der Waals surface area contributed by atoms with Gasteiger partial charge in [-0.1, -0.05) is 0 Å². The minimum absolute atomic E-state index is 0.0263. The van der Waals surface area contributed by atoms with E-state index in [4.69, 9.17) is 0 Å². The van der Waals surface area contributed by atoms with E-state index in [-0.39, 0.29) is 17.6 Å². The summed E-state index contributed by atoms with van der Waals surface area (Å²) in [6.45, 7) is 2.07. The number of hydrogen-bond acceptors (Lipinski definition) is 4. The molecule has 0 spiro atoms. The van der Waals surface area contributed by atoms with Crippen molar-refractivity contribution in [2.75, 3.05) is 33.2 Å². The number of likely N-dealkylation sites (N-methyl/N-ethyl adjacent to an activating group) is 1. The van der Waals surface area contributed by atoms with Gasteiger partial charge in [-0.2, -0.15) is 5.10 Å². The average Bonchev–Trinajstić information content (AvgIpc) is 2.94. The average molecular weight is 373 g/mol. The Morgan fingerprint density at radius 1 is 1.11 bits per heavy atom. The van der Waals surface area contributed by atoms with Gasteiger partial charge >= 0.3 is 0 Å². The molecule has 2 amide bonds.